The molecule has 0 radical (unpaired) electrons. The van der Waals surface area contributed by atoms with Gasteiger partial charge in [-0.15, -0.1) is 0 Å². The van der Waals surface area contributed by atoms with E-state index in [4.69, 9.17) is 15.6 Å². The van der Waals surface area contributed by atoms with Crippen LogP contribution in [-0.2, 0) is 38.5 Å². The number of hydrogen-bond acceptors (Lipinski definition) is 6. The Labute approximate surface area is 280 Å². The van der Waals surface area contributed by atoms with Gasteiger partial charge in [0.2, 0.25) is 11.8 Å². The quantitative estimate of drug-likeness (QED) is 0.151. The minimum Gasteiger partial charge on any atom is -0.480 e. The van der Waals surface area contributed by atoms with Crippen LogP contribution in [-0.4, -0.2) is 58.2 Å². The molecule has 0 saturated heterocycles. The number of alkyl carbamates (subject to hydrolysis) is 1. The van der Waals surface area contributed by atoms with Gasteiger partial charge in [0.25, 0.3) is 0 Å². The normalized spacial score (nSPS) is 24.4. The standard InChI is InChI=1S/C37H47N5O6/c1-37(19-28-21-40-31-9-5-4-8-29(28)31,42-36(47)48-33-26-15-22-14-23(17-26)18-27(33)16-22)35(46)39-13-12-24-6-2-3-7-25(24)20-41-32(43)11-10-30(38)34(44)45/h2-9,21-23,26-27,30,33,40H,10-20,38H2,1H3,(H,39,46)(H,41,43)(H,42,47)(H,44,45)/t22?,23?,26?,27?,30-,33?,37?/m0/s1. The van der Waals surface area contributed by atoms with Gasteiger partial charge in [0.05, 0.1) is 0 Å². The lowest BCUT2D eigenvalue weighted by Crippen LogP contribution is -2.60. The minimum absolute atomic E-state index is 0.0131. The van der Waals surface area contributed by atoms with Crippen molar-refractivity contribution in [1.29, 1.82) is 0 Å². The molecule has 256 valence electrons. The molecule has 4 fully saturated rings. The van der Waals surface area contributed by atoms with Crippen molar-refractivity contribution < 1.29 is 29.0 Å². The maximum Gasteiger partial charge on any atom is 0.408 e. The van der Waals surface area contributed by atoms with E-state index in [0.29, 0.717) is 24.8 Å². The van der Waals surface area contributed by atoms with Gasteiger partial charge >= 0.3 is 12.1 Å². The van der Waals surface area contributed by atoms with E-state index in [1.807, 2.05) is 54.7 Å². The van der Waals surface area contributed by atoms with Gasteiger partial charge in [-0.25, -0.2) is 4.79 Å². The summed E-state index contributed by atoms with van der Waals surface area (Å²) in [5.41, 5.74) is 7.96. The van der Waals surface area contributed by atoms with Crippen LogP contribution in [0.1, 0.15) is 68.6 Å². The number of rotatable bonds is 14. The number of carbonyl (C=O) groups excluding carboxylic acids is 3. The number of fused-ring (bicyclic) bond motifs is 1. The van der Waals surface area contributed by atoms with Gasteiger partial charge in [-0.2, -0.15) is 0 Å². The second-order valence-electron chi connectivity index (χ2n) is 14.3. The number of carboxylic acids is 1. The van der Waals surface area contributed by atoms with Crippen LogP contribution in [0.2, 0.25) is 0 Å². The number of aromatic nitrogens is 1. The van der Waals surface area contributed by atoms with Crippen LogP contribution in [0.5, 0.6) is 0 Å². The largest absolute Gasteiger partial charge is 0.480 e. The second kappa shape index (κ2) is 14.4. The van der Waals surface area contributed by atoms with Gasteiger partial charge in [0, 0.05) is 43.0 Å². The van der Waals surface area contributed by atoms with Crippen molar-refractivity contribution in [3.8, 4) is 0 Å². The van der Waals surface area contributed by atoms with Crippen molar-refractivity contribution in [1.82, 2.24) is 20.9 Å². The van der Waals surface area contributed by atoms with E-state index >= 15 is 0 Å². The van der Waals surface area contributed by atoms with Gasteiger partial charge < -0.3 is 36.5 Å². The molecule has 4 bridgehead atoms. The molecule has 1 heterocycles. The Bertz CT molecular complexity index is 1630. The average Bonchev–Trinajstić information content (AvgIpc) is 3.46. The maximum atomic E-state index is 14.0. The summed E-state index contributed by atoms with van der Waals surface area (Å²) in [7, 11) is 0. The third kappa shape index (κ3) is 7.67. The summed E-state index contributed by atoms with van der Waals surface area (Å²) >= 11 is 0. The number of nitrogens with two attached hydrogens (primary N) is 1. The van der Waals surface area contributed by atoms with E-state index in [2.05, 4.69) is 20.9 Å². The Hall–Kier alpha value is -4.38. The van der Waals surface area contributed by atoms with Crippen molar-refractivity contribution in [2.45, 2.75) is 88.9 Å². The summed E-state index contributed by atoms with van der Waals surface area (Å²) in [6, 6.07) is 14.4. The van der Waals surface area contributed by atoms with E-state index in [0.717, 1.165) is 65.1 Å². The number of amides is 3. The monoisotopic (exact) mass is 657 g/mol. The summed E-state index contributed by atoms with van der Waals surface area (Å²) in [4.78, 5) is 54.0. The fraction of sp³-hybridized carbons (Fsp3) is 0.514. The Kier molecular flexibility index (Phi) is 10.1. The van der Waals surface area contributed by atoms with E-state index in [-0.39, 0.29) is 43.7 Å². The predicted octanol–water partition coefficient (Wildman–Crippen LogP) is 4.19. The number of H-pyrrole nitrogens is 1. The van der Waals surface area contributed by atoms with Gasteiger partial charge in [-0.1, -0.05) is 42.5 Å². The number of nitrogens with one attached hydrogen (secondary N) is 4. The van der Waals surface area contributed by atoms with Crippen LogP contribution >= 0.6 is 0 Å². The number of benzene rings is 2. The fourth-order valence-corrected chi connectivity index (χ4v) is 8.46. The van der Waals surface area contributed by atoms with Gasteiger partial charge in [0.15, 0.2) is 0 Å². The molecule has 4 aliphatic rings. The highest BCUT2D eigenvalue weighted by atomic mass is 16.6. The highest BCUT2D eigenvalue weighted by molar-refractivity contribution is 5.91. The molecule has 4 saturated carbocycles. The molecule has 11 nitrogen and oxygen atoms in total. The smallest absolute Gasteiger partial charge is 0.408 e. The highest BCUT2D eigenvalue weighted by Crippen LogP contribution is 2.54. The van der Waals surface area contributed by atoms with Crippen molar-refractivity contribution in [2.75, 3.05) is 6.54 Å². The Balaban J connectivity index is 1.09. The van der Waals surface area contributed by atoms with E-state index in [1.54, 1.807) is 6.92 Å². The summed E-state index contributed by atoms with van der Waals surface area (Å²) in [6.45, 7) is 2.33. The summed E-state index contributed by atoms with van der Waals surface area (Å²) in [5.74, 6) is 0.614. The molecule has 3 amide bonds. The average molecular weight is 658 g/mol. The molecule has 48 heavy (non-hydrogen) atoms. The van der Waals surface area contributed by atoms with Crippen LogP contribution in [0.3, 0.4) is 0 Å². The molecule has 1 unspecified atom stereocenters. The Morgan fingerprint density at radius 2 is 1.60 bits per heavy atom. The molecular formula is C37H47N5O6. The molecular weight excluding hydrogens is 610 g/mol. The molecule has 0 aliphatic heterocycles. The lowest BCUT2D eigenvalue weighted by atomic mass is 9.55. The second-order valence-corrected chi connectivity index (χ2v) is 14.3. The molecule has 7 N–H and O–H groups in total. The number of ether oxygens (including phenoxy) is 1. The Morgan fingerprint density at radius 1 is 0.938 bits per heavy atom. The van der Waals surface area contributed by atoms with Gasteiger partial charge in [0.1, 0.15) is 17.7 Å². The summed E-state index contributed by atoms with van der Waals surface area (Å²) < 4.78 is 6.15. The van der Waals surface area contributed by atoms with Crippen LogP contribution in [0.25, 0.3) is 10.9 Å². The lowest BCUT2D eigenvalue weighted by Gasteiger charge is -2.53. The van der Waals surface area contributed by atoms with E-state index < -0.39 is 23.6 Å². The predicted molar refractivity (Wildman–Crippen MR) is 181 cm³/mol. The maximum absolute atomic E-state index is 14.0. The first-order valence-corrected chi connectivity index (χ1v) is 17.2. The molecule has 1 aromatic heterocycles. The highest BCUT2D eigenvalue weighted by Gasteiger charge is 2.50. The Morgan fingerprint density at radius 3 is 2.31 bits per heavy atom. The topological polar surface area (TPSA) is 176 Å². The first-order valence-electron chi connectivity index (χ1n) is 17.2. The molecule has 2 aromatic carbocycles. The third-order valence-electron chi connectivity index (χ3n) is 10.8. The summed E-state index contributed by atoms with van der Waals surface area (Å²) in [6.07, 6.45) is 7.92. The van der Waals surface area contributed by atoms with Crippen LogP contribution in [0, 0.1) is 23.7 Å². The van der Waals surface area contributed by atoms with Gasteiger partial charge in [-0.05, 0) is 98.3 Å². The molecule has 3 aromatic rings. The molecule has 2 atom stereocenters. The number of aromatic amines is 1. The lowest BCUT2D eigenvalue weighted by molar-refractivity contribution is -0.138. The molecule has 7 rings (SSSR count). The molecule has 4 aliphatic carbocycles. The fourth-order valence-electron chi connectivity index (χ4n) is 8.46. The number of aliphatic carboxylic acids is 1. The first-order chi connectivity index (χ1) is 23.1. The third-order valence-corrected chi connectivity index (χ3v) is 10.8. The first kappa shape index (κ1) is 33.5. The zero-order valence-electron chi connectivity index (χ0n) is 27.5. The number of carboxylic acid groups (broad SMARTS) is 1. The number of para-hydroxylation sites is 1. The van der Waals surface area contributed by atoms with Gasteiger partial charge in [-0.3, -0.25) is 14.4 Å². The zero-order valence-corrected chi connectivity index (χ0v) is 27.5. The van der Waals surface area contributed by atoms with Crippen molar-refractivity contribution in [3.63, 3.8) is 0 Å². The minimum atomic E-state index is -1.28. The van der Waals surface area contributed by atoms with Crippen molar-refractivity contribution >= 4 is 34.8 Å². The van der Waals surface area contributed by atoms with Crippen molar-refractivity contribution in [2.24, 2.45) is 29.4 Å². The van der Waals surface area contributed by atoms with Crippen LogP contribution in [0.4, 0.5) is 4.79 Å². The van der Waals surface area contributed by atoms with Crippen LogP contribution < -0.4 is 21.7 Å². The SMILES string of the molecule is CC(Cc1c[nH]c2ccccc12)(NC(=O)OC1C2CC3CC(C2)CC1C3)C(=O)NCCc1ccccc1CNC(=O)CC[C@H](N)C(=O)O. The molecule has 11 heteroatoms. The number of hydrogen-bond donors (Lipinski definition) is 6. The van der Waals surface area contributed by atoms with E-state index in [1.165, 1.54) is 6.42 Å². The summed E-state index contributed by atoms with van der Waals surface area (Å²) in [5, 5.41) is 18.8. The van der Waals surface area contributed by atoms with E-state index in [9.17, 15) is 19.2 Å². The molecule has 0 spiro atoms. The van der Waals surface area contributed by atoms with Crippen LogP contribution in [0.15, 0.2) is 54.7 Å². The number of carbonyl (C=O) groups is 4. The van der Waals surface area contributed by atoms with Crippen molar-refractivity contribution in [3.05, 3.63) is 71.4 Å². The zero-order chi connectivity index (χ0) is 33.8.